The maximum Gasteiger partial charge on any atom is 0.224 e. The van der Waals surface area contributed by atoms with Crippen molar-refractivity contribution in [3.63, 3.8) is 0 Å². The number of hydrogen-bond acceptors (Lipinski definition) is 1. The van der Waals surface area contributed by atoms with Crippen LogP contribution < -0.4 is 5.73 Å². The molecule has 0 rings (SSSR count). The molecule has 0 saturated carbocycles. The van der Waals surface area contributed by atoms with Gasteiger partial charge >= 0.3 is 0 Å². The Kier molecular flexibility index (Phi) is 3.77. The molecule has 58 valence electrons. The predicted molar refractivity (Wildman–Crippen MR) is 42.3 cm³/mol. The molecule has 1 amide bonds. The van der Waals surface area contributed by atoms with Crippen LogP contribution in [0.2, 0.25) is 0 Å². The monoisotopic (exact) mass is 141 g/mol. The average molecular weight is 141 g/mol. The molecule has 2 N–H and O–H groups in total. The Morgan fingerprint density at radius 3 is 2.10 bits per heavy atom. The maximum atomic E-state index is 10.7. The van der Waals surface area contributed by atoms with Crippen molar-refractivity contribution in [2.75, 3.05) is 0 Å². The standard InChI is InChI=1S/C8H15NO/c1-4-5-7(6(2)3)8(9)10/h4-7H,1-3H3,(H2,9,10). The van der Waals surface area contributed by atoms with Gasteiger partial charge in [0.15, 0.2) is 0 Å². The molecule has 1 atom stereocenters. The van der Waals surface area contributed by atoms with E-state index in [2.05, 4.69) is 0 Å². The van der Waals surface area contributed by atoms with Gasteiger partial charge in [0.25, 0.3) is 0 Å². The van der Waals surface area contributed by atoms with Crippen LogP contribution in [0.4, 0.5) is 0 Å². The number of carbonyl (C=O) groups is 1. The van der Waals surface area contributed by atoms with Crippen LogP contribution in [0.5, 0.6) is 0 Å². The smallest absolute Gasteiger partial charge is 0.224 e. The number of hydrogen-bond donors (Lipinski definition) is 1. The fourth-order valence-electron chi connectivity index (χ4n) is 0.853. The summed E-state index contributed by atoms with van der Waals surface area (Å²) in [5.74, 6) is -0.0493. The number of primary amides is 1. The number of rotatable bonds is 3. The van der Waals surface area contributed by atoms with Gasteiger partial charge in [-0.2, -0.15) is 0 Å². The zero-order valence-corrected chi connectivity index (χ0v) is 6.79. The molecule has 1 unspecified atom stereocenters. The second kappa shape index (κ2) is 4.09. The molecule has 0 aromatic rings. The molecular weight excluding hydrogens is 126 g/mol. The fourth-order valence-corrected chi connectivity index (χ4v) is 0.853. The molecule has 0 aromatic carbocycles. The maximum absolute atomic E-state index is 10.7. The molecule has 0 aliphatic carbocycles. The first-order valence-corrected chi connectivity index (χ1v) is 3.51. The lowest BCUT2D eigenvalue weighted by molar-refractivity contribution is -0.121. The van der Waals surface area contributed by atoms with Gasteiger partial charge in [-0.05, 0) is 12.8 Å². The molecular formula is C8H15NO. The lowest BCUT2D eigenvalue weighted by Crippen LogP contribution is -2.25. The van der Waals surface area contributed by atoms with Crippen LogP contribution in [0.3, 0.4) is 0 Å². The van der Waals surface area contributed by atoms with Gasteiger partial charge in [0.2, 0.25) is 5.91 Å². The van der Waals surface area contributed by atoms with E-state index in [0.717, 1.165) is 0 Å². The molecule has 10 heavy (non-hydrogen) atoms. The van der Waals surface area contributed by atoms with E-state index < -0.39 is 0 Å². The minimum atomic E-state index is -0.242. The van der Waals surface area contributed by atoms with Crippen molar-refractivity contribution in [2.45, 2.75) is 20.8 Å². The van der Waals surface area contributed by atoms with E-state index in [4.69, 9.17) is 5.73 Å². The average Bonchev–Trinajstić information content (AvgIpc) is 1.81. The summed E-state index contributed by atoms with van der Waals surface area (Å²) in [6.07, 6.45) is 3.70. The van der Waals surface area contributed by atoms with Gasteiger partial charge in [0.1, 0.15) is 0 Å². The molecule has 2 heteroatoms. The molecule has 0 heterocycles. The summed E-state index contributed by atoms with van der Waals surface area (Å²) in [7, 11) is 0. The molecule has 0 radical (unpaired) electrons. The Labute approximate surface area is 62.1 Å². The molecule has 0 aliphatic rings. The van der Waals surface area contributed by atoms with E-state index in [1.165, 1.54) is 0 Å². The van der Waals surface area contributed by atoms with Crippen molar-refractivity contribution in [3.8, 4) is 0 Å². The Morgan fingerprint density at radius 1 is 1.50 bits per heavy atom. The van der Waals surface area contributed by atoms with Crippen molar-refractivity contribution in [1.29, 1.82) is 0 Å². The largest absolute Gasteiger partial charge is 0.369 e. The van der Waals surface area contributed by atoms with Crippen molar-refractivity contribution >= 4 is 5.91 Å². The zero-order valence-electron chi connectivity index (χ0n) is 6.79. The van der Waals surface area contributed by atoms with Crippen molar-refractivity contribution in [2.24, 2.45) is 17.6 Å². The minimum absolute atomic E-state index is 0.106. The topological polar surface area (TPSA) is 43.1 Å². The Bertz CT molecular complexity index is 138. The third kappa shape index (κ3) is 2.67. The molecule has 0 spiro atoms. The van der Waals surface area contributed by atoms with Crippen LogP contribution in [0.25, 0.3) is 0 Å². The van der Waals surface area contributed by atoms with Crippen LogP contribution in [-0.2, 0) is 4.79 Å². The third-order valence-corrected chi connectivity index (χ3v) is 1.45. The highest BCUT2D eigenvalue weighted by molar-refractivity contribution is 5.78. The normalized spacial score (nSPS) is 14.4. The van der Waals surface area contributed by atoms with Crippen LogP contribution in [-0.4, -0.2) is 5.91 Å². The van der Waals surface area contributed by atoms with Crippen LogP contribution in [0.15, 0.2) is 12.2 Å². The lowest BCUT2D eigenvalue weighted by Gasteiger charge is -2.11. The quantitative estimate of drug-likeness (QED) is 0.592. The van der Waals surface area contributed by atoms with Gasteiger partial charge in [-0.1, -0.05) is 26.0 Å². The van der Waals surface area contributed by atoms with Gasteiger partial charge in [-0.15, -0.1) is 0 Å². The van der Waals surface area contributed by atoms with E-state index >= 15 is 0 Å². The van der Waals surface area contributed by atoms with E-state index in [1.807, 2.05) is 32.9 Å². The number of nitrogens with two attached hydrogens (primary N) is 1. The summed E-state index contributed by atoms with van der Waals surface area (Å²) in [6.45, 7) is 5.85. The summed E-state index contributed by atoms with van der Waals surface area (Å²) in [6, 6.07) is 0. The van der Waals surface area contributed by atoms with Gasteiger partial charge in [-0.3, -0.25) is 4.79 Å². The first-order chi connectivity index (χ1) is 4.59. The highest BCUT2D eigenvalue weighted by Crippen LogP contribution is 2.10. The highest BCUT2D eigenvalue weighted by Gasteiger charge is 2.14. The first-order valence-electron chi connectivity index (χ1n) is 3.51. The summed E-state index contributed by atoms with van der Waals surface area (Å²) < 4.78 is 0. The van der Waals surface area contributed by atoms with Crippen LogP contribution >= 0.6 is 0 Å². The number of carbonyl (C=O) groups excluding carboxylic acids is 1. The molecule has 2 nitrogen and oxygen atoms in total. The van der Waals surface area contributed by atoms with E-state index in [1.54, 1.807) is 0 Å². The van der Waals surface area contributed by atoms with E-state index in [9.17, 15) is 4.79 Å². The SMILES string of the molecule is CC=CC(C(N)=O)C(C)C. The molecule has 0 aliphatic heterocycles. The lowest BCUT2D eigenvalue weighted by atomic mass is 9.95. The third-order valence-electron chi connectivity index (χ3n) is 1.45. The number of allylic oxidation sites excluding steroid dienone is 1. The second-order valence-electron chi connectivity index (χ2n) is 2.70. The van der Waals surface area contributed by atoms with Crippen molar-refractivity contribution < 1.29 is 4.79 Å². The molecule has 0 saturated heterocycles. The van der Waals surface area contributed by atoms with E-state index in [-0.39, 0.29) is 11.8 Å². The van der Waals surface area contributed by atoms with E-state index in [0.29, 0.717) is 5.92 Å². The molecule has 0 aromatic heterocycles. The van der Waals surface area contributed by atoms with Gasteiger partial charge < -0.3 is 5.73 Å². The highest BCUT2D eigenvalue weighted by atomic mass is 16.1. The first kappa shape index (κ1) is 9.21. The Morgan fingerprint density at radius 2 is 2.00 bits per heavy atom. The molecule has 0 bridgehead atoms. The van der Waals surface area contributed by atoms with Gasteiger partial charge in [-0.25, -0.2) is 0 Å². The zero-order chi connectivity index (χ0) is 8.15. The minimum Gasteiger partial charge on any atom is -0.369 e. The Balaban J connectivity index is 4.12. The van der Waals surface area contributed by atoms with Crippen molar-refractivity contribution in [1.82, 2.24) is 0 Å². The van der Waals surface area contributed by atoms with Gasteiger partial charge in [0.05, 0.1) is 5.92 Å². The summed E-state index contributed by atoms with van der Waals surface area (Å²) in [5.41, 5.74) is 5.13. The van der Waals surface area contributed by atoms with Gasteiger partial charge in [0, 0.05) is 0 Å². The number of amides is 1. The summed E-state index contributed by atoms with van der Waals surface area (Å²) in [5, 5.41) is 0. The second-order valence-corrected chi connectivity index (χ2v) is 2.70. The van der Waals surface area contributed by atoms with Crippen LogP contribution in [0.1, 0.15) is 20.8 Å². The molecule has 0 fully saturated rings. The Hall–Kier alpha value is -0.790. The summed E-state index contributed by atoms with van der Waals surface area (Å²) in [4.78, 5) is 10.7. The van der Waals surface area contributed by atoms with Crippen LogP contribution in [0, 0.1) is 11.8 Å². The van der Waals surface area contributed by atoms with Crippen molar-refractivity contribution in [3.05, 3.63) is 12.2 Å². The predicted octanol–water partition coefficient (Wildman–Crippen LogP) is 1.32. The fraction of sp³-hybridized carbons (Fsp3) is 0.625. The summed E-state index contributed by atoms with van der Waals surface area (Å²) >= 11 is 0.